The summed E-state index contributed by atoms with van der Waals surface area (Å²) in [6.07, 6.45) is 0.824. The zero-order chi connectivity index (χ0) is 12.7. The van der Waals surface area contributed by atoms with Crippen molar-refractivity contribution >= 4 is 5.69 Å². The van der Waals surface area contributed by atoms with E-state index in [2.05, 4.69) is 11.4 Å². The molecule has 1 aromatic rings. The first-order valence-electron chi connectivity index (χ1n) is 5.81. The molecule has 0 saturated heterocycles. The number of nitrogens with one attached hydrogen (secondary N) is 1. The number of anilines is 1. The van der Waals surface area contributed by atoms with Crippen LogP contribution < -0.4 is 5.32 Å². The number of ether oxygens (including phenoxy) is 1. The van der Waals surface area contributed by atoms with Crippen molar-refractivity contribution in [3.63, 3.8) is 0 Å². The quantitative estimate of drug-likeness (QED) is 0.819. The van der Waals surface area contributed by atoms with E-state index in [0.717, 1.165) is 24.2 Å². The monoisotopic (exact) mass is 232 g/mol. The van der Waals surface area contributed by atoms with Gasteiger partial charge in [-0.25, -0.2) is 0 Å². The number of para-hydroxylation sites is 1. The van der Waals surface area contributed by atoms with Gasteiger partial charge < -0.3 is 10.1 Å². The van der Waals surface area contributed by atoms with Crippen LogP contribution in [0.5, 0.6) is 0 Å². The summed E-state index contributed by atoms with van der Waals surface area (Å²) in [4.78, 5) is 0. The molecule has 0 atom stereocenters. The van der Waals surface area contributed by atoms with Crippen LogP contribution in [-0.4, -0.2) is 13.7 Å². The standard InChI is InChI=1S/C14H20N2O/c1-14(2,11-15)8-9-16-13-7-5-4-6-12(13)10-17-3/h4-7,16H,8-10H2,1-3H3. The van der Waals surface area contributed by atoms with E-state index in [1.54, 1.807) is 7.11 Å². The smallest absolute Gasteiger partial charge is 0.0733 e. The molecule has 0 radical (unpaired) electrons. The van der Waals surface area contributed by atoms with Gasteiger partial charge in [-0.1, -0.05) is 18.2 Å². The summed E-state index contributed by atoms with van der Waals surface area (Å²) in [6, 6.07) is 10.4. The average Bonchev–Trinajstić information content (AvgIpc) is 2.31. The van der Waals surface area contributed by atoms with Gasteiger partial charge in [0.25, 0.3) is 0 Å². The summed E-state index contributed by atoms with van der Waals surface area (Å²) in [7, 11) is 1.69. The molecule has 0 aliphatic heterocycles. The lowest BCUT2D eigenvalue weighted by atomic mass is 9.91. The van der Waals surface area contributed by atoms with E-state index in [1.807, 2.05) is 38.1 Å². The maximum absolute atomic E-state index is 8.93. The predicted molar refractivity (Wildman–Crippen MR) is 69.7 cm³/mol. The first kappa shape index (κ1) is 13.5. The van der Waals surface area contributed by atoms with E-state index < -0.39 is 0 Å². The molecular formula is C14H20N2O. The highest BCUT2D eigenvalue weighted by molar-refractivity contribution is 5.50. The number of hydrogen-bond donors (Lipinski definition) is 1. The Morgan fingerprint density at radius 2 is 2.06 bits per heavy atom. The van der Waals surface area contributed by atoms with E-state index in [0.29, 0.717) is 6.61 Å². The van der Waals surface area contributed by atoms with E-state index in [4.69, 9.17) is 10.00 Å². The lowest BCUT2D eigenvalue weighted by molar-refractivity contribution is 0.185. The number of nitrogens with zero attached hydrogens (tertiary/aromatic N) is 1. The molecule has 1 N–H and O–H groups in total. The van der Waals surface area contributed by atoms with Crippen molar-refractivity contribution in [2.24, 2.45) is 5.41 Å². The van der Waals surface area contributed by atoms with Crippen LogP contribution in [0.2, 0.25) is 0 Å². The van der Waals surface area contributed by atoms with Gasteiger partial charge in [0.1, 0.15) is 0 Å². The molecule has 3 nitrogen and oxygen atoms in total. The Hall–Kier alpha value is -1.53. The average molecular weight is 232 g/mol. The predicted octanol–water partition coefficient (Wildman–Crippen LogP) is 3.18. The van der Waals surface area contributed by atoms with E-state index in [-0.39, 0.29) is 5.41 Å². The van der Waals surface area contributed by atoms with Crippen molar-refractivity contribution < 1.29 is 4.74 Å². The van der Waals surface area contributed by atoms with Gasteiger partial charge in [-0.3, -0.25) is 0 Å². The number of methoxy groups -OCH3 is 1. The molecule has 0 amide bonds. The van der Waals surface area contributed by atoms with Gasteiger partial charge in [-0.05, 0) is 26.3 Å². The molecule has 17 heavy (non-hydrogen) atoms. The minimum Gasteiger partial charge on any atom is -0.385 e. The second-order valence-electron chi connectivity index (χ2n) is 4.76. The number of nitriles is 1. The maximum Gasteiger partial charge on any atom is 0.0733 e. The number of rotatable bonds is 6. The SMILES string of the molecule is COCc1ccccc1NCCC(C)(C)C#N. The van der Waals surface area contributed by atoms with Crippen molar-refractivity contribution in [1.82, 2.24) is 0 Å². The van der Waals surface area contributed by atoms with Gasteiger partial charge in [0, 0.05) is 24.9 Å². The van der Waals surface area contributed by atoms with Crippen molar-refractivity contribution in [2.75, 3.05) is 19.0 Å². The second kappa shape index (κ2) is 6.27. The van der Waals surface area contributed by atoms with Crippen LogP contribution in [0.1, 0.15) is 25.8 Å². The number of benzene rings is 1. The minimum absolute atomic E-state index is 0.275. The Bertz CT molecular complexity index is 393. The lowest BCUT2D eigenvalue weighted by Crippen LogP contribution is -2.15. The summed E-state index contributed by atoms with van der Waals surface area (Å²) in [5.41, 5.74) is 1.95. The van der Waals surface area contributed by atoms with Crippen LogP contribution in [0.3, 0.4) is 0 Å². The molecule has 0 bridgehead atoms. The van der Waals surface area contributed by atoms with Crippen molar-refractivity contribution in [2.45, 2.75) is 26.9 Å². The molecule has 92 valence electrons. The molecular weight excluding hydrogens is 212 g/mol. The first-order chi connectivity index (χ1) is 8.09. The van der Waals surface area contributed by atoms with Crippen LogP contribution in [-0.2, 0) is 11.3 Å². The summed E-state index contributed by atoms with van der Waals surface area (Å²) in [5.74, 6) is 0. The molecule has 0 saturated carbocycles. The molecule has 0 fully saturated rings. The Morgan fingerprint density at radius 1 is 1.35 bits per heavy atom. The second-order valence-corrected chi connectivity index (χ2v) is 4.76. The lowest BCUT2D eigenvalue weighted by Gasteiger charge is -2.17. The first-order valence-corrected chi connectivity index (χ1v) is 5.81. The van der Waals surface area contributed by atoms with Crippen molar-refractivity contribution in [3.8, 4) is 6.07 Å². The summed E-state index contributed by atoms with van der Waals surface area (Å²) in [6.45, 7) is 5.30. The summed E-state index contributed by atoms with van der Waals surface area (Å²) >= 11 is 0. The Labute approximate surface area is 103 Å². The minimum atomic E-state index is -0.275. The third-order valence-electron chi connectivity index (χ3n) is 2.69. The van der Waals surface area contributed by atoms with Gasteiger partial charge in [0.15, 0.2) is 0 Å². The highest BCUT2D eigenvalue weighted by Crippen LogP contribution is 2.20. The highest BCUT2D eigenvalue weighted by Gasteiger charge is 2.15. The summed E-state index contributed by atoms with van der Waals surface area (Å²) < 4.78 is 5.14. The van der Waals surface area contributed by atoms with E-state index in [1.165, 1.54) is 0 Å². The maximum atomic E-state index is 8.93. The van der Waals surface area contributed by atoms with Gasteiger partial charge in [0.2, 0.25) is 0 Å². The van der Waals surface area contributed by atoms with Crippen LogP contribution in [0.4, 0.5) is 5.69 Å². The van der Waals surface area contributed by atoms with E-state index >= 15 is 0 Å². The molecule has 0 heterocycles. The van der Waals surface area contributed by atoms with Gasteiger partial charge >= 0.3 is 0 Å². The summed E-state index contributed by atoms with van der Waals surface area (Å²) in [5, 5.41) is 12.3. The normalized spacial score (nSPS) is 10.9. The molecule has 3 heteroatoms. The van der Waals surface area contributed by atoms with Crippen molar-refractivity contribution in [3.05, 3.63) is 29.8 Å². The Morgan fingerprint density at radius 3 is 2.71 bits per heavy atom. The third-order valence-corrected chi connectivity index (χ3v) is 2.69. The Kier molecular flexibility index (Phi) is 4.99. The molecule has 0 aromatic heterocycles. The fourth-order valence-electron chi connectivity index (χ4n) is 1.54. The van der Waals surface area contributed by atoms with E-state index in [9.17, 15) is 0 Å². The molecule has 0 aliphatic rings. The van der Waals surface area contributed by atoms with Crippen LogP contribution in [0.15, 0.2) is 24.3 Å². The van der Waals surface area contributed by atoms with Crippen LogP contribution in [0, 0.1) is 16.7 Å². The molecule has 0 unspecified atom stereocenters. The van der Waals surface area contributed by atoms with Crippen LogP contribution in [0.25, 0.3) is 0 Å². The fourth-order valence-corrected chi connectivity index (χ4v) is 1.54. The van der Waals surface area contributed by atoms with Gasteiger partial charge in [-0.2, -0.15) is 5.26 Å². The van der Waals surface area contributed by atoms with Gasteiger partial charge in [0.05, 0.1) is 18.1 Å². The zero-order valence-electron chi connectivity index (χ0n) is 10.8. The molecule has 1 rings (SSSR count). The Balaban J connectivity index is 2.55. The molecule has 1 aromatic carbocycles. The number of hydrogen-bond acceptors (Lipinski definition) is 3. The fraction of sp³-hybridized carbons (Fsp3) is 0.500. The zero-order valence-corrected chi connectivity index (χ0v) is 10.8. The topological polar surface area (TPSA) is 45.0 Å². The molecule has 0 spiro atoms. The highest BCUT2D eigenvalue weighted by atomic mass is 16.5. The van der Waals surface area contributed by atoms with Gasteiger partial charge in [-0.15, -0.1) is 0 Å². The van der Waals surface area contributed by atoms with Crippen molar-refractivity contribution in [1.29, 1.82) is 5.26 Å². The third kappa shape index (κ3) is 4.46. The largest absolute Gasteiger partial charge is 0.385 e. The van der Waals surface area contributed by atoms with Crippen LogP contribution >= 0.6 is 0 Å². The molecule has 0 aliphatic carbocycles.